The molecule has 0 atom stereocenters. The van der Waals surface area contributed by atoms with Gasteiger partial charge in [-0.15, -0.1) is 23.1 Å². The van der Waals surface area contributed by atoms with E-state index in [9.17, 15) is 4.79 Å². The first-order chi connectivity index (χ1) is 14.8. The monoisotopic (exact) mass is 437 g/mol. The summed E-state index contributed by atoms with van der Waals surface area (Å²) in [4.78, 5) is 20.0. The van der Waals surface area contributed by atoms with Crippen LogP contribution in [0.4, 0.5) is 5.69 Å². The minimum Gasteiger partial charge on any atom is -0.369 e. The van der Waals surface area contributed by atoms with Crippen LogP contribution in [0, 0.1) is 0 Å². The lowest BCUT2D eigenvalue weighted by Crippen LogP contribution is -2.48. The quantitative estimate of drug-likeness (QED) is 0.523. The number of carbonyl (C=O) groups is 1. The fourth-order valence-corrected chi connectivity index (χ4v) is 5.44. The van der Waals surface area contributed by atoms with E-state index in [2.05, 4.69) is 63.0 Å². The summed E-state index contributed by atoms with van der Waals surface area (Å²) < 4.78 is 0. The Kier molecular flexibility index (Phi) is 7.45. The fraction of sp³-hybridized carbons (Fsp3) is 0.292. The highest BCUT2D eigenvalue weighted by Gasteiger charge is 2.17. The molecule has 2 aromatic carbocycles. The second-order valence-electron chi connectivity index (χ2n) is 7.28. The van der Waals surface area contributed by atoms with Crippen molar-refractivity contribution in [2.75, 3.05) is 44.2 Å². The third kappa shape index (κ3) is 5.65. The van der Waals surface area contributed by atoms with Crippen molar-refractivity contribution in [2.45, 2.75) is 10.6 Å². The number of nitrogens with one attached hydrogen (secondary N) is 1. The molecule has 0 bridgehead atoms. The molecule has 4 rings (SSSR count). The molecule has 6 heteroatoms. The van der Waals surface area contributed by atoms with Crippen molar-refractivity contribution in [3.8, 4) is 0 Å². The van der Waals surface area contributed by atoms with Crippen molar-refractivity contribution in [3.63, 3.8) is 0 Å². The summed E-state index contributed by atoms with van der Waals surface area (Å²) in [6.07, 6.45) is 0. The van der Waals surface area contributed by atoms with Crippen LogP contribution in [0.3, 0.4) is 0 Å². The van der Waals surface area contributed by atoms with E-state index in [1.807, 2.05) is 24.3 Å². The topological polar surface area (TPSA) is 35.6 Å². The van der Waals surface area contributed by atoms with Crippen molar-refractivity contribution in [2.24, 2.45) is 0 Å². The van der Waals surface area contributed by atoms with Gasteiger partial charge in [-0.3, -0.25) is 9.69 Å². The zero-order valence-corrected chi connectivity index (χ0v) is 18.6. The molecular formula is C24H27N3OS2. The van der Waals surface area contributed by atoms with E-state index < -0.39 is 0 Å². The molecule has 156 valence electrons. The predicted octanol–water partition coefficient (Wildman–Crippen LogP) is 4.59. The molecule has 1 fully saturated rings. The van der Waals surface area contributed by atoms with Crippen molar-refractivity contribution >= 4 is 34.7 Å². The molecule has 0 aliphatic carbocycles. The molecule has 30 heavy (non-hydrogen) atoms. The van der Waals surface area contributed by atoms with Crippen LogP contribution >= 0.6 is 23.1 Å². The highest BCUT2D eigenvalue weighted by Crippen LogP contribution is 2.27. The van der Waals surface area contributed by atoms with E-state index in [0.29, 0.717) is 6.54 Å². The van der Waals surface area contributed by atoms with E-state index in [0.717, 1.165) is 48.9 Å². The summed E-state index contributed by atoms with van der Waals surface area (Å²) in [6, 6.07) is 22.7. The summed E-state index contributed by atoms with van der Waals surface area (Å²) in [5, 5.41) is 5.21. The smallest absolute Gasteiger partial charge is 0.252 e. The van der Waals surface area contributed by atoms with Gasteiger partial charge in [-0.1, -0.05) is 36.4 Å². The highest BCUT2D eigenvalue weighted by atomic mass is 32.2. The maximum Gasteiger partial charge on any atom is 0.252 e. The summed E-state index contributed by atoms with van der Waals surface area (Å²) in [5.41, 5.74) is 2.06. The zero-order chi connectivity index (χ0) is 20.6. The third-order valence-electron chi connectivity index (χ3n) is 5.29. The number of carbonyl (C=O) groups excluding carboxylic acids is 1. The van der Waals surface area contributed by atoms with Crippen molar-refractivity contribution in [1.29, 1.82) is 0 Å². The molecular weight excluding hydrogens is 410 g/mol. The Morgan fingerprint density at radius 3 is 2.47 bits per heavy atom. The highest BCUT2D eigenvalue weighted by molar-refractivity contribution is 7.98. The minimum absolute atomic E-state index is 0.0206. The number of amides is 1. The van der Waals surface area contributed by atoms with E-state index >= 15 is 0 Å². The Labute approximate surface area is 186 Å². The SMILES string of the molecule is O=C(NCCN1CCN(c2ccccc2)CC1)c1ccccc1SCc1cccs1. The van der Waals surface area contributed by atoms with Gasteiger partial charge in [0.25, 0.3) is 5.91 Å². The van der Waals surface area contributed by atoms with Crippen molar-refractivity contribution in [1.82, 2.24) is 10.2 Å². The molecule has 1 saturated heterocycles. The van der Waals surface area contributed by atoms with Crippen molar-refractivity contribution in [3.05, 3.63) is 82.6 Å². The van der Waals surface area contributed by atoms with Crippen LogP contribution in [0.1, 0.15) is 15.2 Å². The number of piperazine rings is 1. The van der Waals surface area contributed by atoms with Crippen LogP contribution in [0.2, 0.25) is 0 Å². The summed E-state index contributed by atoms with van der Waals surface area (Å²) in [7, 11) is 0. The van der Waals surface area contributed by atoms with Crippen LogP contribution < -0.4 is 10.2 Å². The van der Waals surface area contributed by atoms with Gasteiger partial charge in [0.05, 0.1) is 5.56 Å². The van der Waals surface area contributed by atoms with E-state index in [-0.39, 0.29) is 5.91 Å². The average Bonchev–Trinajstić information content (AvgIpc) is 3.33. The Morgan fingerprint density at radius 1 is 0.933 bits per heavy atom. The predicted molar refractivity (Wildman–Crippen MR) is 128 cm³/mol. The lowest BCUT2D eigenvalue weighted by Gasteiger charge is -2.36. The number of anilines is 1. The molecule has 1 aromatic heterocycles. The third-order valence-corrected chi connectivity index (χ3v) is 7.47. The summed E-state index contributed by atoms with van der Waals surface area (Å²) >= 11 is 3.48. The van der Waals surface area contributed by atoms with Crippen LogP contribution in [-0.2, 0) is 5.75 Å². The molecule has 1 aliphatic rings. The maximum absolute atomic E-state index is 12.8. The largest absolute Gasteiger partial charge is 0.369 e. The van der Waals surface area contributed by atoms with Gasteiger partial charge >= 0.3 is 0 Å². The number of thiophene rings is 1. The number of para-hydroxylation sites is 1. The van der Waals surface area contributed by atoms with Gasteiger partial charge in [0.1, 0.15) is 0 Å². The molecule has 3 aromatic rings. The van der Waals surface area contributed by atoms with Gasteiger partial charge in [-0.2, -0.15) is 0 Å². The lowest BCUT2D eigenvalue weighted by atomic mass is 10.2. The molecule has 0 radical (unpaired) electrons. The first kappa shape index (κ1) is 21.0. The molecule has 1 amide bonds. The molecule has 0 spiro atoms. The van der Waals surface area contributed by atoms with Crippen LogP contribution in [0.25, 0.3) is 0 Å². The van der Waals surface area contributed by atoms with Crippen LogP contribution in [0.5, 0.6) is 0 Å². The summed E-state index contributed by atoms with van der Waals surface area (Å²) in [6.45, 7) is 5.67. The number of nitrogens with zero attached hydrogens (tertiary/aromatic N) is 2. The van der Waals surface area contributed by atoms with Gasteiger partial charge in [0.15, 0.2) is 0 Å². The molecule has 0 saturated carbocycles. The zero-order valence-electron chi connectivity index (χ0n) is 17.0. The van der Waals surface area contributed by atoms with Gasteiger partial charge in [-0.05, 0) is 35.7 Å². The van der Waals surface area contributed by atoms with E-state index in [4.69, 9.17) is 0 Å². The second-order valence-corrected chi connectivity index (χ2v) is 9.33. The number of hydrogen-bond acceptors (Lipinski definition) is 5. The molecule has 1 aliphatic heterocycles. The van der Waals surface area contributed by atoms with Gasteiger partial charge in [0.2, 0.25) is 0 Å². The first-order valence-corrected chi connectivity index (χ1v) is 12.2. The first-order valence-electron chi connectivity index (χ1n) is 10.3. The van der Waals surface area contributed by atoms with Crippen LogP contribution in [-0.4, -0.2) is 50.1 Å². The van der Waals surface area contributed by atoms with Gasteiger partial charge in [0, 0.05) is 60.5 Å². The molecule has 1 N–H and O–H groups in total. The van der Waals surface area contributed by atoms with Gasteiger partial charge < -0.3 is 10.2 Å². The molecule has 0 unspecified atom stereocenters. The maximum atomic E-state index is 12.8. The normalized spacial score (nSPS) is 14.6. The lowest BCUT2D eigenvalue weighted by molar-refractivity contribution is 0.0945. The standard InChI is InChI=1S/C24H27N3OS2/c28-24(22-10-4-5-11-23(22)30-19-21-9-6-18-29-21)25-12-13-26-14-16-27(17-15-26)20-7-2-1-3-8-20/h1-11,18H,12-17,19H2,(H,25,28). The Balaban J connectivity index is 1.23. The molecule has 2 heterocycles. The fourth-order valence-electron chi connectivity index (χ4n) is 3.61. The average molecular weight is 438 g/mol. The number of hydrogen-bond donors (Lipinski definition) is 1. The summed E-state index contributed by atoms with van der Waals surface area (Å²) in [5.74, 6) is 0.917. The number of rotatable bonds is 8. The van der Waals surface area contributed by atoms with Crippen LogP contribution in [0.15, 0.2) is 77.0 Å². The van der Waals surface area contributed by atoms with Gasteiger partial charge in [-0.25, -0.2) is 0 Å². The van der Waals surface area contributed by atoms with E-state index in [1.165, 1.54) is 10.6 Å². The minimum atomic E-state index is 0.0206. The number of thioether (sulfide) groups is 1. The Morgan fingerprint density at radius 2 is 1.70 bits per heavy atom. The van der Waals surface area contributed by atoms with Crippen molar-refractivity contribution < 1.29 is 4.79 Å². The van der Waals surface area contributed by atoms with E-state index in [1.54, 1.807) is 23.1 Å². The second kappa shape index (κ2) is 10.7. The Hall–Kier alpha value is -2.28. The molecule has 4 nitrogen and oxygen atoms in total. The number of benzene rings is 2. The Bertz CT molecular complexity index is 923.